The molecule has 14 heteroatoms. The molecule has 0 aromatic heterocycles. The SMILES string of the molecule is Cc1cccc(F)c1CN1C[C@H](c2ccc(N3CCN(C(=O)CCCCCCC(=O)COc4ccc5c(c4)C(=O)N(C4CCC(=O)NC4=O)C5=O)CC3)cc2)[C@@H](N(C)C)C1. The number of ether oxygens (including phenoxy) is 1. The number of amides is 5. The number of unbranched alkanes of at least 4 members (excludes halogenated alkanes) is 3. The summed E-state index contributed by atoms with van der Waals surface area (Å²) in [5, 5.41) is 2.17. The molecular formula is C46H55FN6O7. The number of benzene rings is 3. The normalized spacial score (nSPS) is 20.9. The molecular weight excluding hydrogens is 768 g/mol. The predicted molar refractivity (Wildman–Crippen MR) is 223 cm³/mol. The number of likely N-dealkylation sites (N-methyl/N-ethyl adjacent to an activating group) is 1. The summed E-state index contributed by atoms with van der Waals surface area (Å²) >= 11 is 0. The molecule has 0 aliphatic carbocycles. The molecule has 3 aromatic rings. The van der Waals surface area contributed by atoms with E-state index in [0.29, 0.717) is 50.9 Å². The first-order valence-electron chi connectivity index (χ1n) is 21.1. The Morgan fingerprint density at radius 3 is 2.27 bits per heavy atom. The average molecular weight is 823 g/mol. The van der Waals surface area contributed by atoms with Crippen molar-refractivity contribution in [3.63, 3.8) is 0 Å². The number of halogens is 1. The van der Waals surface area contributed by atoms with Crippen molar-refractivity contribution in [2.24, 2.45) is 0 Å². The van der Waals surface area contributed by atoms with Gasteiger partial charge in [0.2, 0.25) is 17.7 Å². The number of aryl methyl sites for hydroxylation is 1. The Hall–Kier alpha value is -5.47. The quantitative estimate of drug-likeness (QED) is 0.160. The van der Waals surface area contributed by atoms with Gasteiger partial charge in [-0.3, -0.25) is 43.9 Å². The lowest BCUT2D eigenvalue weighted by molar-refractivity contribution is -0.136. The maximum absolute atomic E-state index is 14.6. The number of hydrogen-bond acceptors (Lipinski definition) is 10. The molecule has 3 aromatic carbocycles. The molecule has 5 amide bonds. The summed E-state index contributed by atoms with van der Waals surface area (Å²) in [6.45, 7) is 7.05. The molecule has 3 saturated heterocycles. The molecule has 1 unspecified atom stereocenters. The highest BCUT2D eigenvalue weighted by Crippen LogP contribution is 2.34. The molecule has 4 aliphatic heterocycles. The van der Waals surface area contributed by atoms with E-state index in [-0.39, 0.29) is 53.8 Å². The third-order valence-electron chi connectivity index (χ3n) is 12.5. The fourth-order valence-corrected chi connectivity index (χ4v) is 8.97. The van der Waals surface area contributed by atoms with Gasteiger partial charge in [-0.1, -0.05) is 37.1 Å². The number of piperidine rings is 1. The van der Waals surface area contributed by atoms with Gasteiger partial charge in [-0.2, -0.15) is 0 Å². The lowest BCUT2D eigenvalue weighted by Crippen LogP contribution is -2.54. The first-order valence-corrected chi connectivity index (χ1v) is 21.1. The molecule has 3 fully saturated rings. The van der Waals surface area contributed by atoms with Crippen LogP contribution in [0.1, 0.15) is 94.7 Å². The monoisotopic (exact) mass is 822 g/mol. The minimum Gasteiger partial charge on any atom is -0.486 e. The van der Waals surface area contributed by atoms with Crippen LogP contribution in [-0.2, 0) is 25.7 Å². The molecule has 0 bridgehead atoms. The number of anilines is 1. The average Bonchev–Trinajstić information content (AvgIpc) is 3.77. The Balaban J connectivity index is 0.779. The molecule has 13 nitrogen and oxygen atoms in total. The number of rotatable bonds is 16. The predicted octanol–water partition coefficient (Wildman–Crippen LogP) is 4.70. The van der Waals surface area contributed by atoms with E-state index < -0.39 is 29.7 Å². The second kappa shape index (κ2) is 18.8. The van der Waals surface area contributed by atoms with E-state index in [1.807, 2.05) is 17.9 Å². The van der Waals surface area contributed by atoms with Gasteiger partial charge in [0.25, 0.3) is 11.8 Å². The Bertz CT molecular complexity index is 2100. The van der Waals surface area contributed by atoms with Crippen LogP contribution in [0.25, 0.3) is 0 Å². The van der Waals surface area contributed by atoms with Crippen molar-refractivity contribution in [2.45, 2.75) is 82.8 Å². The maximum Gasteiger partial charge on any atom is 0.262 e. The van der Waals surface area contributed by atoms with Crippen LogP contribution >= 0.6 is 0 Å². The first-order chi connectivity index (χ1) is 28.9. The van der Waals surface area contributed by atoms with Crippen LogP contribution in [-0.4, -0.2) is 127 Å². The number of fused-ring (bicyclic) bond motifs is 1. The minimum absolute atomic E-state index is 0.0375. The van der Waals surface area contributed by atoms with Crippen molar-refractivity contribution in [1.29, 1.82) is 0 Å². The third-order valence-corrected chi connectivity index (χ3v) is 12.5. The molecule has 318 valence electrons. The molecule has 0 spiro atoms. The zero-order chi connectivity index (χ0) is 42.5. The van der Waals surface area contributed by atoms with Crippen LogP contribution in [0.5, 0.6) is 5.75 Å². The first kappa shape index (κ1) is 42.6. The van der Waals surface area contributed by atoms with Gasteiger partial charge in [-0.15, -0.1) is 0 Å². The highest BCUT2D eigenvalue weighted by molar-refractivity contribution is 6.23. The summed E-state index contributed by atoms with van der Waals surface area (Å²) in [7, 11) is 4.23. The van der Waals surface area contributed by atoms with Gasteiger partial charge in [0.15, 0.2) is 5.78 Å². The fraction of sp³-hybridized carbons (Fsp3) is 0.478. The fourth-order valence-electron chi connectivity index (χ4n) is 8.97. The summed E-state index contributed by atoms with van der Waals surface area (Å²) in [4.78, 5) is 85.2. The third kappa shape index (κ3) is 9.60. The van der Waals surface area contributed by atoms with Crippen LogP contribution in [0, 0.1) is 12.7 Å². The van der Waals surface area contributed by atoms with Gasteiger partial charge in [-0.25, -0.2) is 4.39 Å². The summed E-state index contributed by atoms with van der Waals surface area (Å²) in [5.74, 6) is -1.84. The van der Waals surface area contributed by atoms with E-state index in [9.17, 15) is 33.2 Å². The Kier molecular flexibility index (Phi) is 13.4. The number of likely N-dealkylation sites (tertiary alicyclic amines) is 1. The van der Waals surface area contributed by atoms with Gasteiger partial charge in [0, 0.05) is 88.3 Å². The Morgan fingerprint density at radius 2 is 1.57 bits per heavy atom. The van der Waals surface area contributed by atoms with Gasteiger partial charge in [0.05, 0.1) is 11.1 Å². The minimum atomic E-state index is -1.05. The highest BCUT2D eigenvalue weighted by Gasteiger charge is 2.45. The van der Waals surface area contributed by atoms with E-state index in [2.05, 4.69) is 58.4 Å². The lowest BCUT2D eigenvalue weighted by Gasteiger charge is -2.36. The number of nitrogens with zero attached hydrogens (tertiary/aromatic N) is 5. The van der Waals surface area contributed by atoms with Crippen molar-refractivity contribution >= 4 is 41.0 Å². The summed E-state index contributed by atoms with van der Waals surface area (Å²) in [6.07, 6.45) is 4.00. The Morgan fingerprint density at radius 1 is 0.850 bits per heavy atom. The van der Waals surface area contributed by atoms with Crippen LogP contribution in [0.4, 0.5) is 10.1 Å². The summed E-state index contributed by atoms with van der Waals surface area (Å²) in [6, 6.07) is 17.8. The standard InChI is InChI=1S/C46H55FN6O7/c1-30-9-8-11-39(47)37(30)26-50-27-38(41(28-50)49(2)3)31-13-15-32(16-14-31)51-21-23-52(24-22-51)43(56)12-7-5-4-6-10-33(54)29-60-34-17-18-35-36(25-34)46(59)53(45(35)58)40-19-20-42(55)48-44(40)57/h8-9,11,13-18,25,38,40-41H,4-7,10,12,19-24,26-29H2,1-3H3,(H,48,55,57)/t38-,40?,41+/m1/s1. The van der Waals surface area contributed by atoms with Crippen LogP contribution < -0.4 is 15.0 Å². The van der Waals surface area contributed by atoms with Crippen molar-refractivity contribution in [1.82, 2.24) is 24.9 Å². The number of carbonyl (C=O) groups is 6. The molecule has 60 heavy (non-hydrogen) atoms. The van der Waals surface area contributed by atoms with E-state index in [1.165, 1.54) is 23.8 Å². The van der Waals surface area contributed by atoms with Crippen molar-refractivity contribution in [3.05, 3.63) is 94.3 Å². The van der Waals surface area contributed by atoms with Crippen LogP contribution in [0.2, 0.25) is 0 Å². The molecule has 0 saturated carbocycles. The molecule has 1 N–H and O–H groups in total. The van der Waals surface area contributed by atoms with E-state index in [1.54, 1.807) is 12.1 Å². The molecule has 0 radical (unpaired) electrons. The summed E-state index contributed by atoms with van der Waals surface area (Å²) in [5.41, 5.74) is 4.44. The number of piperazine rings is 1. The topological polar surface area (TPSA) is 140 Å². The van der Waals surface area contributed by atoms with Crippen LogP contribution in [0.3, 0.4) is 0 Å². The molecule has 4 heterocycles. The highest BCUT2D eigenvalue weighted by atomic mass is 19.1. The molecule has 4 aliphatic rings. The van der Waals surface area contributed by atoms with Gasteiger partial charge in [-0.05, 0) is 87.8 Å². The van der Waals surface area contributed by atoms with Gasteiger partial charge < -0.3 is 19.4 Å². The smallest absolute Gasteiger partial charge is 0.262 e. The van der Waals surface area contributed by atoms with E-state index in [4.69, 9.17) is 4.74 Å². The van der Waals surface area contributed by atoms with Gasteiger partial charge >= 0.3 is 0 Å². The van der Waals surface area contributed by atoms with Crippen molar-refractivity contribution < 1.29 is 37.9 Å². The summed E-state index contributed by atoms with van der Waals surface area (Å²) < 4.78 is 20.3. The zero-order valence-electron chi connectivity index (χ0n) is 34.8. The number of ketones is 1. The van der Waals surface area contributed by atoms with Gasteiger partial charge in [0.1, 0.15) is 24.2 Å². The van der Waals surface area contributed by atoms with Crippen molar-refractivity contribution in [3.8, 4) is 5.75 Å². The maximum atomic E-state index is 14.6. The van der Waals surface area contributed by atoms with E-state index in [0.717, 1.165) is 67.2 Å². The number of nitrogens with one attached hydrogen (secondary N) is 1. The second-order valence-corrected chi connectivity index (χ2v) is 16.7. The Labute approximate surface area is 350 Å². The van der Waals surface area contributed by atoms with E-state index >= 15 is 0 Å². The van der Waals surface area contributed by atoms with Crippen molar-refractivity contribution in [2.75, 3.05) is 64.9 Å². The molecule has 3 atom stereocenters. The lowest BCUT2D eigenvalue weighted by atomic mass is 9.93. The second-order valence-electron chi connectivity index (χ2n) is 16.7. The molecule has 7 rings (SSSR count). The number of imide groups is 2. The zero-order valence-corrected chi connectivity index (χ0v) is 34.8. The van der Waals surface area contributed by atoms with Crippen LogP contribution in [0.15, 0.2) is 60.7 Å². The largest absolute Gasteiger partial charge is 0.486 e. The number of Topliss-reactive ketones (excluding diaryl/α,β-unsaturated/α-hetero) is 1. The number of hydrogen-bond donors (Lipinski definition) is 1. The number of carbonyl (C=O) groups excluding carboxylic acids is 6.